The zero-order valence-electron chi connectivity index (χ0n) is 15.6. The van der Waals surface area contributed by atoms with Crippen LogP contribution in [0.25, 0.3) is 0 Å². The first kappa shape index (κ1) is 20.8. The van der Waals surface area contributed by atoms with Crippen LogP contribution in [0.1, 0.15) is 28.0 Å². The van der Waals surface area contributed by atoms with Gasteiger partial charge >= 0.3 is 12.1 Å². The molecule has 0 bridgehead atoms. The van der Waals surface area contributed by atoms with Crippen molar-refractivity contribution < 1.29 is 27.9 Å². The molecule has 7 nitrogen and oxygen atoms in total. The number of hydrogen-bond donors (Lipinski definition) is 1. The minimum Gasteiger partial charge on any atom is -0.481 e. The lowest BCUT2D eigenvalue weighted by molar-refractivity contribution is -0.138. The van der Waals surface area contributed by atoms with Crippen molar-refractivity contribution in [3.63, 3.8) is 0 Å². The molecule has 29 heavy (non-hydrogen) atoms. The number of alkyl halides is 3. The Balaban J connectivity index is 1.53. The Kier molecular flexibility index (Phi) is 6.21. The molecule has 1 N–H and O–H groups in total. The van der Waals surface area contributed by atoms with E-state index in [4.69, 9.17) is 5.11 Å². The molecule has 0 atom stereocenters. The summed E-state index contributed by atoms with van der Waals surface area (Å²) in [4.78, 5) is 26.8. The monoisotopic (exact) mass is 410 g/mol. The molecule has 2 aromatic rings. The molecule has 1 aromatic heterocycles. The largest absolute Gasteiger partial charge is 0.481 e. The van der Waals surface area contributed by atoms with Crippen molar-refractivity contribution in [2.75, 3.05) is 26.2 Å². The van der Waals surface area contributed by atoms with E-state index in [2.05, 4.69) is 5.10 Å². The molecule has 1 aromatic carbocycles. The van der Waals surface area contributed by atoms with Crippen LogP contribution < -0.4 is 0 Å². The maximum atomic E-state index is 12.8. The van der Waals surface area contributed by atoms with E-state index in [0.717, 1.165) is 12.1 Å². The second-order valence-corrected chi connectivity index (χ2v) is 6.87. The molecule has 1 aliphatic rings. The van der Waals surface area contributed by atoms with E-state index >= 15 is 0 Å². The van der Waals surface area contributed by atoms with E-state index in [0.29, 0.717) is 38.3 Å². The number of piperazine rings is 1. The predicted octanol–water partition coefficient (Wildman–Crippen LogP) is 2.33. The number of amides is 1. The van der Waals surface area contributed by atoms with Gasteiger partial charge in [0, 0.05) is 38.9 Å². The lowest BCUT2D eigenvalue weighted by atomic mass is 10.1. The molecule has 1 amide bonds. The van der Waals surface area contributed by atoms with Gasteiger partial charge < -0.3 is 10.0 Å². The van der Waals surface area contributed by atoms with Crippen LogP contribution in [0.3, 0.4) is 0 Å². The van der Waals surface area contributed by atoms with Crippen molar-refractivity contribution >= 4 is 11.9 Å². The number of benzene rings is 1. The Bertz CT molecular complexity index is 874. The van der Waals surface area contributed by atoms with Crippen molar-refractivity contribution in [3.8, 4) is 0 Å². The molecule has 0 radical (unpaired) electrons. The van der Waals surface area contributed by atoms with Gasteiger partial charge in [-0.25, -0.2) is 0 Å². The minimum absolute atomic E-state index is 0.0798. The summed E-state index contributed by atoms with van der Waals surface area (Å²) >= 11 is 0. The van der Waals surface area contributed by atoms with Gasteiger partial charge in [0.25, 0.3) is 5.91 Å². The zero-order valence-corrected chi connectivity index (χ0v) is 15.6. The van der Waals surface area contributed by atoms with Crippen LogP contribution in [0.2, 0.25) is 0 Å². The molecule has 0 unspecified atom stereocenters. The fourth-order valence-electron chi connectivity index (χ4n) is 3.19. The summed E-state index contributed by atoms with van der Waals surface area (Å²) in [7, 11) is 0. The van der Waals surface area contributed by atoms with Gasteiger partial charge in [-0.3, -0.25) is 19.2 Å². The van der Waals surface area contributed by atoms with E-state index in [1.165, 1.54) is 10.7 Å². The van der Waals surface area contributed by atoms with Crippen LogP contribution in [0.5, 0.6) is 0 Å². The van der Waals surface area contributed by atoms with E-state index in [-0.39, 0.29) is 24.6 Å². The fourth-order valence-corrected chi connectivity index (χ4v) is 3.19. The standard InChI is InChI=1S/C19H21F3N4O3/c20-19(21,22)15-3-1-2-14(12-15)13-24-8-10-25(11-9-24)18(29)16-4-6-26(23-16)7-5-17(27)28/h1-4,6,12H,5,7-11,13H2,(H,27,28). The normalized spacial score (nSPS) is 15.5. The van der Waals surface area contributed by atoms with Crippen molar-refractivity contribution in [1.29, 1.82) is 0 Å². The number of aliphatic carboxylic acids is 1. The van der Waals surface area contributed by atoms with Crippen molar-refractivity contribution in [1.82, 2.24) is 19.6 Å². The molecule has 10 heteroatoms. The number of carboxylic acid groups (broad SMARTS) is 1. The molecule has 1 saturated heterocycles. The average molecular weight is 410 g/mol. The zero-order chi connectivity index (χ0) is 21.0. The second kappa shape index (κ2) is 8.64. The Hall–Kier alpha value is -2.88. The van der Waals surface area contributed by atoms with Gasteiger partial charge in [0.15, 0.2) is 0 Å². The van der Waals surface area contributed by atoms with Gasteiger partial charge in [-0.15, -0.1) is 0 Å². The third kappa shape index (κ3) is 5.57. The van der Waals surface area contributed by atoms with Crippen LogP contribution in [-0.4, -0.2) is 62.7 Å². The summed E-state index contributed by atoms with van der Waals surface area (Å²) in [5, 5.41) is 12.8. The number of hydrogen-bond acceptors (Lipinski definition) is 4. The van der Waals surface area contributed by atoms with Crippen molar-refractivity contribution in [3.05, 3.63) is 53.3 Å². The van der Waals surface area contributed by atoms with Crippen LogP contribution in [0.15, 0.2) is 36.5 Å². The molecular weight excluding hydrogens is 389 g/mol. The van der Waals surface area contributed by atoms with Gasteiger partial charge in [0.05, 0.1) is 18.5 Å². The highest BCUT2D eigenvalue weighted by molar-refractivity contribution is 5.92. The SMILES string of the molecule is O=C(O)CCn1ccc(C(=O)N2CCN(Cc3cccc(C(F)(F)F)c3)CC2)n1. The first-order chi connectivity index (χ1) is 13.7. The third-order valence-corrected chi connectivity index (χ3v) is 4.73. The van der Waals surface area contributed by atoms with E-state index in [1.807, 2.05) is 4.90 Å². The van der Waals surface area contributed by atoms with Gasteiger partial charge in [0.2, 0.25) is 0 Å². The van der Waals surface area contributed by atoms with Gasteiger partial charge in [-0.05, 0) is 17.7 Å². The first-order valence-electron chi connectivity index (χ1n) is 9.15. The molecule has 2 heterocycles. The molecule has 1 aliphatic heterocycles. The molecule has 156 valence electrons. The second-order valence-electron chi connectivity index (χ2n) is 6.87. The van der Waals surface area contributed by atoms with Crippen LogP contribution in [0, 0.1) is 0 Å². The highest BCUT2D eigenvalue weighted by Crippen LogP contribution is 2.29. The van der Waals surface area contributed by atoms with Crippen molar-refractivity contribution in [2.45, 2.75) is 25.7 Å². The van der Waals surface area contributed by atoms with Crippen LogP contribution >= 0.6 is 0 Å². The summed E-state index contributed by atoms with van der Waals surface area (Å²) in [6.45, 7) is 2.55. The van der Waals surface area contributed by atoms with Gasteiger partial charge in [-0.1, -0.05) is 18.2 Å². The Morgan fingerprint density at radius 2 is 1.83 bits per heavy atom. The predicted molar refractivity (Wildman–Crippen MR) is 97.1 cm³/mol. The number of carbonyl (C=O) groups excluding carboxylic acids is 1. The first-order valence-corrected chi connectivity index (χ1v) is 9.15. The summed E-state index contributed by atoms with van der Waals surface area (Å²) in [5.41, 5.74) is 0.167. The van der Waals surface area contributed by atoms with Crippen LogP contribution in [0.4, 0.5) is 13.2 Å². The Morgan fingerprint density at radius 1 is 1.10 bits per heavy atom. The summed E-state index contributed by atoms with van der Waals surface area (Å²) in [6.07, 6.45) is -2.88. The summed E-state index contributed by atoms with van der Waals surface area (Å²) in [6, 6.07) is 6.82. The van der Waals surface area contributed by atoms with Crippen molar-refractivity contribution in [2.24, 2.45) is 0 Å². The number of carboxylic acids is 1. The number of halogens is 3. The molecule has 0 saturated carbocycles. The highest BCUT2D eigenvalue weighted by Gasteiger charge is 2.30. The van der Waals surface area contributed by atoms with E-state index in [1.54, 1.807) is 23.2 Å². The lowest BCUT2D eigenvalue weighted by Crippen LogP contribution is -2.48. The average Bonchev–Trinajstić information content (AvgIpc) is 3.15. The van der Waals surface area contributed by atoms with Crippen LogP contribution in [-0.2, 0) is 24.1 Å². The highest BCUT2D eigenvalue weighted by atomic mass is 19.4. The summed E-state index contributed by atoms with van der Waals surface area (Å²) < 4.78 is 40.0. The molecule has 0 aliphatic carbocycles. The molecule has 3 rings (SSSR count). The number of carbonyl (C=O) groups is 2. The van der Waals surface area contributed by atoms with Gasteiger partial charge in [0.1, 0.15) is 5.69 Å². The molecule has 0 spiro atoms. The van der Waals surface area contributed by atoms with E-state index < -0.39 is 17.7 Å². The Morgan fingerprint density at radius 3 is 2.48 bits per heavy atom. The quantitative estimate of drug-likeness (QED) is 0.791. The van der Waals surface area contributed by atoms with E-state index in [9.17, 15) is 22.8 Å². The maximum absolute atomic E-state index is 12.8. The Labute approximate surface area is 165 Å². The molecular formula is C19H21F3N4O3. The smallest absolute Gasteiger partial charge is 0.416 e. The number of aromatic nitrogens is 2. The summed E-state index contributed by atoms with van der Waals surface area (Å²) in [5.74, 6) is -1.18. The number of nitrogens with zero attached hydrogens (tertiary/aromatic N) is 4. The maximum Gasteiger partial charge on any atom is 0.416 e. The fraction of sp³-hybridized carbons (Fsp3) is 0.421. The topological polar surface area (TPSA) is 78.7 Å². The lowest BCUT2D eigenvalue weighted by Gasteiger charge is -2.34. The number of aryl methyl sites for hydroxylation is 1. The minimum atomic E-state index is -4.37. The molecule has 1 fully saturated rings. The number of rotatable bonds is 6. The van der Waals surface area contributed by atoms with Gasteiger partial charge in [-0.2, -0.15) is 18.3 Å². The third-order valence-electron chi connectivity index (χ3n) is 4.73.